The van der Waals surface area contributed by atoms with E-state index in [1.807, 2.05) is 29.6 Å². The van der Waals surface area contributed by atoms with Crippen LogP contribution >= 0.6 is 11.3 Å². The van der Waals surface area contributed by atoms with Crippen molar-refractivity contribution < 1.29 is 9.00 Å². The Hall–Kier alpha value is -1.73. The largest absolute Gasteiger partial charge is 0.369 e. The quantitative estimate of drug-likeness (QED) is 0.918. The summed E-state index contributed by atoms with van der Waals surface area (Å²) in [6.45, 7) is 1.61. The number of primary amides is 1. The summed E-state index contributed by atoms with van der Waals surface area (Å²) in [6, 6.07) is 7.67. The van der Waals surface area contributed by atoms with Gasteiger partial charge in [-0.15, -0.1) is 11.3 Å². The normalized spacial score (nSPS) is 17.2. The summed E-state index contributed by atoms with van der Waals surface area (Å²) in [7, 11) is -0.998. The molecular weight excluding hydrogens is 330 g/mol. The molecule has 23 heavy (non-hydrogen) atoms. The summed E-state index contributed by atoms with van der Waals surface area (Å²) < 4.78 is 11.6. The average molecular weight is 349 g/mol. The molecule has 2 aromatic rings. The Morgan fingerprint density at radius 1 is 1.39 bits per heavy atom. The number of hydrogen-bond donors (Lipinski definition) is 1. The number of thiazole rings is 1. The molecule has 1 aliphatic heterocycles. The second kappa shape index (κ2) is 6.80. The average Bonchev–Trinajstić information content (AvgIpc) is 3.05. The van der Waals surface area contributed by atoms with E-state index in [0.717, 1.165) is 47.2 Å². The fourth-order valence-electron chi connectivity index (χ4n) is 2.73. The van der Waals surface area contributed by atoms with Crippen LogP contribution in [0.5, 0.6) is 0 Å². The van der Waals surface area contributed by atoms with Gasteiger partial charge < -0.3 is 10.6 Å². The Morgan fingerprint density at radius 3 is 2.78 bits per heavy atom. The molecule has 1 aromatic carbocycles. The van der Waals surface area contributed by atoms with Crippen LogP contribution in [0, 0.1) is 5.92 Å². The molecule has 2 N–H and O–H groups in total. The number of piperidine rings is 1. The van der Waals surface area contributed by atoms with Crippen LogP contribution in [0.15, 0.2) is 34.5 Å². The monoisotopic (exact) mass is 349 g/mol. The number of nitrogens with zero attached hydrogens (tertiary/aromatic N) is 2. The number of amides is 1. The zero-order valence-electron chi connectivity index (χ0n) is 12.9. The van der Waals surface area contributed by atoms with Crippen molar-refractivity contribution >= 4 is 33.2 Å². The molecule has 5 nitrogen and oxygen atoms in total. The van der Waals surface area contributed by atoms with Crippen molar-refractivity contribution in [2.75, 3.05) is 24.2 Å². The van der Waals surface area contributed by atoms with Gasteiger partial charge in [0.05, 0.1) is 5.69 Å². The Bertz CT molecular complexity index is 736. The van der Waals surface area contributed by atoms with Gasteiger partial charge >= 0.3 is 0 Å². The zero-order valence-corrected chi connectivity index (χ0v) is 14.5. The van der Waals surface area contributed by atoms with Gasteiger partial charge in [0.15, 0.2) is 5.13 Å². The van der Waals surface area contributed by atoms with Crippen LogP contribution in [-0.4, -0.2) is 34.4 Å². The highest BCUT2D eigenvalue weighted by molar-refractivity contribution is 7.84. The molecule has 122 valence electrons. The number of carbonyl (C=O) groups excluding carboxylic acids is 1. The van der Waals surface area contributed by atoms with Gasteiger partial charge in [0.2, 0.25) is 5.91 Å². The van der Waals surface area contributed by atoms with Crippen molar-refractivity contribution in [3.63, 3.8) is 0 Å². The third kappa shape index (κ3) is 3.61. The van der Waals surface area contributed by atoms with Crippen molar-refractivity contribution in [2.24, 2.45) is 11.7 Å². The molecule has 3 rings (SSSR count). The highest BCUT2D eigenvalue weighted by Gasteiger charge is 2.24. The number of carbonyl (C=O) groups is 1. The van der Waals surface area contributed by atoms with Crippen LogP contribution in [0.3, 0.4) is 0 Å². The summed E-state index contributed by atoms with van der Waals surface area (Å²) >= 11 is 1.60. The number of aromatic nitrogens is 1. The molecular formula is C16H19N3O2S2. The lowest BCUT2D eigenvalue weighted by Gasteiger charge is -2.30. The van der Waals surface area contributed by atoms with E-state index in [9.17, 15) is 9.00 Å². The maximum absolute atomic E-state index is 11.6. The van der Waals surface area contributed by atoms with E-state index < -0.39 is 10.8 Å². The second-order valence-electron chi connectivity index (χ2n) is 5.66. The third-order valence-corrected chi connectivity index (χ3v) is 5.94. The molecule has 1 unspecified atom stereocenters. The van der Waals surface area contributed by atoms with Crippen molar-refractivity contribution in [3.05, 3.63) is 29.6 Å². The first kappa shape index (κ1) is 16.1. The Balaban J connectivity index is 1.75. The molecule has 2 heterocycles. The SMILES string of the molecule is CS(=O)c1cccc(-c2csc(N3CCC(C(N)=O)CC3)n2)c1. The van der Waals surface area contributed by atoms with Crippen LogP contribution in [0.25, 0.3) is 11.3 Å². The predicted molar refractivity (Wildman–Crippen MR) is 94.0 cm³/mol. The summed E-state index contributed by atoms with van der Waals surface area (Å²) in [5.41, 5.74) is 7.25. The molecule has 1 aromatic heterocycles. The molecule has 0 spiro atoms. The topological polar surface area (TPSA) is 76.3 Å². The Labute approximate surface area is 142 Å². The number of hydrogen-bond acceptors (Lipinski definition) is 5. The van der Waals surface area contributed by atoms with E-state index in [1.165, 1.54) is 0 Å². The number of nitrogens with two attached hydrogens (primary N) is 1. The van der Waals surface area contributed by atoms with Gasteiger partial charge in [-0.3, -0.25) is 9.00 Å². The van der Waals surface area contributed by atoms with E-state index in [2.05, 4.69) is 4.90 Å². The van der Waals surface area contributed by atoms with Crippen molar-refractivity contribution in [1.82, 2.24) is 4.98 Å². The maximum Gasteiger partial charge on any atom is 0.220 e. The second-order valence-corrected chi connectivity index (χ2v) is 7.88. The minimum atomic E-state index is -0.998. The van der Waals surface area contributed by atoms with Crippen molar-refractivity contribution in [3.8, 4) is 11.3 Å². The van der Waals surface area contributed by atoms with Crippen LogP contribution < -0.4 is 10.6 Å². The molecule has 0 aliphatic carbocycles. The van der Waals surface area contributed by atoms with Crippen molar-refractivity contribution in [2.45, 2.75) is 17.7 Å². The van der Waals surface area contributed by atoms with Crippen molar-refractivity contribution in [1.29, 1.82) is 0 Å². The first-order chi connectivity index (χ1) is 11.0. The fraction of sp³-hybridized carbons (Fsp3) is 0.375. The number of rotatable bonds is 4. The predicted octanol–water partition coefficient (Wildman–Crippen LogP) is 2.25. The molecule has 1 atom stereocenters. The first-order valence-corrected chi connectivity index (χ1v) is 9.92. The van der Waals surface area contributed by atoms with Gasteiger partial charge in [0.25, 0.3) is 0 Å². The molecule has 1 amide bonds. The van der Waals surface area contributed by atoms with E-state index in [4.69, 9.17) is 10.7 Å². The molecule has 0 saturated carbocycles. The molecule has 0 radical (unpaired) electrons. The van der Waals surface area contributed by atoms with Crippen LogP contribution in [0.2, 0.25) is 0 Å². The van der Waals surface area contributed by atoms with Crippen LogP contribution in [0.1, 0.15) is 12.8 Å². The van der Waals surface area contributed by atoms with E-state index in [1.54, 1.807) is 17.6 Å². The highest BCUT2D eigenvalue weighted by atomic mass is 32.2. The smallest absolute Gasteiger partial charge is 0.220 e. The van der Waals surface area contributed by atoms with Gasteiger partial charge in [-0.25, -0.2) is 4.98 Å². The summed E-state index contributed by atoms with van der Waals surface area (Å²) in [6.07, 6.45) is 3.25. The lowest BCUT2D eigenvalue weighted by Crippen LogP contribution is -2.38. The van der Waals surface area contributed by atoms with E-state index in [-0.39, 0.29) is 11.8 Å². The summed E-state index contributed by atoms with van der Waals surface area (Å²) in [5, 5.41) is 2.98. The van der Waals surface area contributed by atoms with Gasteiger partial charge in [0, 0.05) is 51.9 Å². The standard InChI is InChI=1S/C16H19N3O2S2/c1-23(21)13-4-2-3-12(9-13)14-10-22-16(18-14)19-7-5-11(6-8-19)15(17)20/h2-4,9-11H,5-8H2,1H3,(H2,17,20). The highest BCUT2D eigenvalue weighted by Crippen LogP contribution is 2.30. The van der Waals surface area contributed by atoms with E-state index >= 15 is 0 Å². The third-order valence-electron chi connectivity index (χ3n) is 4.12. The van der Waals surface area contributed by atoms with Gasteiger partial charge in [-0.05, 0) is 25.0 Å². The lowest BCUT2D eigenvalue weighted by molar-refractivity contribution is -0.122. The Kier molecular flexibility index (Phi) is 4.77. The minimum Gasteiger partial charge on any atom is -0.369 e. The summed E-state index contributed by atoms with van der Waals surface area (Å²) in [4.78, 5) is 19.0. The minimum absolute atomic E-state index is 0.0121. The Morgan fingerprint density at radius 2 is 2.13 bits per heavy atom. The van der Waals surface area contributed by atoms with Gasteiger partial charge in [-0.1, -0.05) is 12.1 Å². The lowest BCUT2D eigenvalue weighted by atomic mass is 9.97. The fourth-order valence-corrected chi connectivity index (χ4v) is 4.18. The molecule has 1 fully saturated rings. The maximum atomic E-state index is 11.6. The first-order valence-electron chi connectivity index (χ1n) is 7.48. The van der Waals surface area contributed by atoms with Gasteiger partial charge in [0.1, 0.15) is 0 Å². The van der Waals surface area contributed by atoms with Crippen LogP contribution in [-0.2, 0) is 15.6 Å². The molecule has 1 saturated heterocycles. The zero-order chi connectivity index (χ0) is 16.4. The molecule has 0 bridgehead atoms. The molecule has 1 aliphatic rings. The van der Waals surface area contributed by atoms with E-state index in [0.29, 0.717) is 0 Å². The summed E-state index contributed by atoms with van der Waals surface area (Å²) in [5.74, 6) is -0.212. The van der Waals surface area contributed by atoms with Crippen LogP contribution in [0.4, 0.5) is 5.13 Å². The molecule has 7 heteroatoms. The van der Waals surface area contributed by atoms with Gasteiger partial charge in [-0.2, -0.15) is 0 Å². The number of benzene rings is 1. The number of anilines is 1.